The van der Waals surface area contributed by atoms with Crippen molar-refractivity contribution in [2.75, 3.05) is 161 Å². The van der Waals surface area contributed by atoms with Gasteiger partial charge in [-0.1, -0.05) is 47.8 Å². The summed E-state index contributed by atoms with van der Waals surface area (Å²) in [4.78, 5) is 119. The van der Waals surface area contributed by atoms with Crippen molar-refractivity contribution in [1.82, 2.24) is 24.9 Å². The van der Waals surface area contributed by atoms with E-state index in [4.69, 9.17) is 52.6 Å². The summed E-state index contributed by atoms with van der Waals surface area (Å²) in [6.45, 7) is 17.3. The number of imide groups is 2. The number of carbonyl (C=O) groups excluding carboxylic acids is 10. The maximum absolute atomic E-state index is 11.8. The average molecular weight is 1720 g/mol. The van der Waals surface area contributed by atoms with Gasteiger partial charge in [-0.15, -0.1) is 0 Å². The summed E-state index contributed by atoms with van der Waals surface area (Å²) in [5, 5.41) is 22.7. The minimum Gasteiger partial charge on any atom is -1.00 e. The van der Waals surface area contributed by atoms with E-state index in [2.05, 4.69) is 72.4 Å². The normalized spacial score (nSPS) is 19.9. The molecule has 8 aliphatic heterocycles. The first-order valence-electron chi connectivity index (χ1n) is 28.8. The first-order chi connectivity index (χ1) is 41.8. The summed E-state index contributed by atoms with van der Waals surface area (Å²) in [5.74, 6) is -2.08. The topological polar surface area (TPSA) is 358 Å². The van der Waals surface area contributed by atoms with Crippen molar-refractivity contribution in [3.8, 4) is 0 Å². The fourth-order valence-electron chi connectivity index (χ4n) is 9.21. The van der Waals surface area contributed by atoms with E-state index >= 15 is 0 Å². The number of nitrogens with one attached hydrogen (secondary N) is 1. The van der Waals surface area contributed by atoms with Gasteiger partial charge in [-0.05, 0) is 98.4 Å². The molecule has 4 atom stereocenters. The van der Waals surface area contributed by atoms with Crippen LogP contribution >= 0.6 is 55.4 Å². The van der Waals surface area contributed by atoms with Crippen molar-refractivity contribution in [3.05, 3.63) is 18.7 Å². The second-order valence-electron chi connectivity index (χ2n) is 19.0. The molecule has 6 amide bonds. The summed E-state index contributed by atoms with van der Waals surface area (Å²) in [5.41, 5.74) is 1.29. The van der Waals surface area contributed by atoms with Crippen molar-refractivity contribution in [2.24, 2.45) is 11.8 Å². The molecule has 7 fully saturated rings. The van der Waals surface area contributed by atoms with Gasteiger partial charge in [-0.3, -0.25) is 62.8 Å². The number of halogens is 3. The molecule has 39 heteroatoms. The molecule has 29 nitrogen and oxygen atoms in total. The molecule has 0 unspecified atom stereocenters. The molecule has 0 aromatic rings. The van der Waals surface area contributed by atoms with Gasteiger partial charge in [0.15, 0.2) is 17.4 Å². The van der Waals surface area contributed by atoms with Crippen LogP contribution in [0.2, 0.25) is 0 Å². The number of hydrogen-bond donors (Lipinski definition) is 2. The Bertz CT molecular complexity index is 2200. The van der Waals surface area contributed by atoms with Gasteiger partial charge >= 0.3 is 177 Å². The molecule has 8 heterocycles. The minimum atomic E-state index is -3.28. The zero-order valence-corrected chi connectivity index (χ0v) is 71.2. The maximum Gasteiger partial charge on any atom is 1.00 e. The molecule has 0 aromatic heterocycles. The Morgan fingerprint density at radius 1 is 0.691 bits per heavy atom. The Morgan fingerprint density at radius 3 is 1.71 bits per heavy atom. The second-order valence-corrected chi connectivity index (χ2v) is 23.4. The van der Waals surface area contributed by atoms with Crippen LogP contribution in [0.4, 0.5) is 0 Å². The molecule has 0 radical (unpaired) electrons. The van der Waals surface area contributed by atoms with Gasteiger partial charge in [0.05, 0.1) is 82.7 Å². The largest absolute Gasteiger partial charge is 1.00 e. The van der Waals surface area contributed by atoms with Gasteiger partial charge in [-0.25, -0.2) is 4.79 Å². The van der Waals surface area contributed by atoms with Gasteiger partial charge in [0.25, 0.3) is 36.0 Å². The van der Waals surface area contributed by atoms with Gasteiger partial charge in [0.2, 0.25) is 5.91 Å². The molecule has 0 bridgehead atoms. The molecule has 530 valence electrons. The molecule has 0 aliphatic carbocycles. The molecular weight excluding hydrogens is 1630 g/mol. The molecule has 0 aromatic carbocycles. The molecule has 0 spiro atoms. The van der Waals surface area contributed by atoms with Crippen LogP contribution in [0.15, 0.2) is 11.3 Å². The Balaban J connectivity index is -0.000000113. The van der Waals surface area contributed by atoms with Gasteiger partial charge < -0.3 is 83.7 Å². The summed E-state index contributed by atoms with van der Waals surface area (Å²) < 4.78 is 61.3. The second kappa shape index (κ2) is 68.3. The minimum absolute atomic E-state index is 0. The molecule has 0 saturated carbocycles. The van der Waals surface area contributed by atoms with E-state index in [9.17, 15) is 47.7 Å². The Labute approximate surface area is 726 Å². The third kappa shape index (κ3) is 45.4. The molecule has 7 saturated heterocycles. The van der Waals surface area contributed by atoms with Crippen LogP contribution in [0, 0.1) is 19.3 Å². The van der Waals surface area contributed by atoms with Crippen molar-refractivity contribution < 1.29 is 291 Å². The first-order valence-corrected chi connectivity index (χ1v) is 33.9. The van der Waals surface area contributed by atoms with Crippen LogP contribution in [0.5, 0.6) is 0 Å². The Morgan fingerprint density at radius 2 is 1.21 bits per heavy atom. The van der Waals surface area contributed by atoms with Crippen LogP contribution in [-0.4, -0.2) is 275 Å². The maximum atomic E-state index is 11.8. The van der Waals surface area contributed by atoms with Crippen LogP contribution in [0.25, 0.3) is 0 Å². The average Bonchev–Trinajstić information content (AvgIpc) is 0.842. The number of esters is 3. The first kappa shape index (κ1) is 110. The number of aliphatic hydroxyl groups is 1. The molecule has 8 rings (SSSR count). The molecule has 94 heavy (non-hydrogen) atoms. The van der Waals surface area contributed by atoms with Crippen molar-refractivity contribution in [3.63, 3.8) is 0 Å². The summed E-state index contributed by atoms with van der Waals surface area (Å²) in [7, 11) is -3.28. The Kier molecular flexibility index (Phi) is 79.6. The predicted molar refractivity (Wildman–Crippen MR) is 338 cm³/mol. The number of morpholine rings is 5. The summed E-state index contributed by atoms with van der Waals surface area (Å²) in [6, 6.07) is 0.381. The number of rotatable bonds is 18. The van der Waals surface area contributed by atoms with Crippen molar-refractivity contribution >= 4 is 133 Å². The number of ether oxygens (including phenoxy) is 8. The van der Waals surface area contributed by atoms with Crippen LogP contribution < -0.4 is 162 Å². The van der Waals surface area contributed by atoms with Gasteiger partial charge in [0, 0.05) is 75.2 Å². The number of alkyl halides is 3. The van der Waals surface area contributed by atoms with E-state index in [1.165, 1.54) is 30.7 Å². The summed E-state index contributed by atoms with van der Waals surface area (Å²) in [6.07, 6.45) is 7.23. The monoisotopic (exact) mass is 1720 g/mol. The van der Waals surface area contributed by atoms with E-state index in [1.54, 1.807) is 44.4 Å². The number of fused-ring (bicyclic) bond motifs is 3. The van der Waals surface area contributed by atoms with E-state index in [0.717, 1.165) is 68.0 Å². The molecular formula is C55H97AlBr3K2LiN5NaO24PPd-. The Hall–Kier alpha value is 2.17. The van der Waals surface area contributed by atoms with E-state index in [0.29, 0.717) is 75.8 Å². The van der Waals surface area contributed by atoms with Crippen LogP contribution in [-0.2, 0) is 125 Å². The summed E-state index contributed by atoms with van der Waals surface area (Å²) >= 11 is 9.79. The van der Waals surface area contributed by atoms with E-state index in [-0.39, 0.29) is 332 Å². The number of piperidine rings is 2. The van der Waals surface area contributed by atoms with Crippen LogP contribution in [0.1, 0.15) is 90.3 Å². The standard InChI is InChI=1S/C11H17NO4.C11H15NO4.C9H17NO2.C8H17O5P.C7H10BrNO3.C4H5NO3.C3H6Br2.CH2O3.CH3.Al.2K.Li.Na.Pd.6H/c2*1-2-16-11(14)8-4-3-5-12-9(8)6-15-7-10(12)13;11-6-8-2-1-3-10-4-5-12-7-9(8)10;1-4-11-8(9)7-14(10,12-5-2)13-6-3;8-2-1-3-9-6(10)4-12-5-7(9)11;6-3-1-8-2-4(7)5-3;4-2-1-3-5;2-1-4-3;;;;;;;;;;;;;/h8-9H,2-7H2,1H3;2-7H2,1H3;8-9,11H,1-7H2;4-7H2,1-3H3;1-5H2;1-2H2,(H,5,6,7);1-3H2;1,3H;1H3;;;;;;;;;;;;/q;;;;;;;;-1;;4*+1;;;;;3*-1/p-1/t8-,9-;;8-,9+;;;;;;;;;;;;;;;;;;/m1.0................../s1. The van der Waals surface area contributed by atoms with E-state index < -0.39 is 13.6 Å². The SMILES string of the molecule is BrCCCBr.CCOC(=O)C1=C2COCC(=O)N2CCC1.CCOC(=O)CP(=O)(OCC)OCC.CCOC(=O)[C@@H]1CCCN2C(=O)COC[C@H]12.O=C1COCC(=O)N1.O=C1COCC(=O)N1CCCBr.O=CO[O-].OC[C@@H]1CCCN2CCOC[C@H]12.[AlH3].[CH3-].[H-].[H-].[H-].[K+].[K+].[Li+].[Na+].[Pd]. The zero-order chi connectivity index (χ0) is 65.0. The predicted octanol–water partition coefficient (Wildman–Crippen LogP) is -10.4. The number of aliphatic hydroxyl groups excluding tert-OH is 1. The number of amides is 6. The fourth-order valence-corrected chi connectivity index (χ4v) is 12.2. The van der Waals surface area contributed by atoms with Gasteiger partial charge in [-0.2, -0.15) is 0 Å². The number of hydrogen-bond acceptors (Lipinski definition) is 25. The third-order valence-electron chi connectivity index (χ3n) is 13.0. The molecule has 2 N–H and O–H groups in total. The number of nitrogens with zero attached hydrogens (tertiary/aromatic N) is 4. The smallest absolute Gasteiger partial charge is 1.00 e. The zero-order valence-electron chi connectivity index (χ0n) is 58.7. The number of carbonyl (C=O) groups is 10. The van der Waals surface area contributed by atoms with Crippen molar-refractivity contribution in [1.29, 1.82) is 0 Å². The quantitative estimate of drug-likeness (QED) is 0.0123. The fraction of sp³-hybridized carbons (Fsp3) is 0.764. The molecule has 8 aliphatic rings. The van der Waals surface area contributed by atoms with E-state index in [1.807, 2.05) is 0 Å². The van der Waals surface area contributed by atoms with Gasteiger partial charge in [0.1, 0.15) is 45.8 Å². The third-order valence-corrected chi connectivity index (χ3v) is 16.6. The van der Waals surface area contributed by atoms with Crippen LogP contribution in [0.3, 0.4) is 0 Å². The van der Waals surface area contributed by atoms with Crippen molar-refractivity contribution in [2.45, 2.75) is 98.1 Å².